The van der Waals surface area contributed by atoms with E-state index in [1.165, 1.54) is 24.3 Å². The van der Waals surface area contributed by atoms with Gasteiger partial charge in [-0.15, -0.1) is 0 Å². The monoisotopic (exact) mass is 251 g/mol. The van der Waals surface area contributed by atoms with E-state index in [1.807, 2.05) is 0 Å². The topological polar surface area (TPSA) is 87.7 Å². The van der Waals surface area contributed by atoms with Gasteiger partial charge in [-0.3, -0.25) is 4.79 Å². The van der Waals surface area contributed by atoms with E-state index in [2.05, 4.69) is 10.5 Å². The van der Waals surface area contributed by atoms with E-state index < -0.39 is 5.41 Å². The number of amides is 1. The molecule has 5 nitrogen and oxygen atoms in total. The van der Waals surface area contributed by atoms with Crippen LogP contribution in [0.2, 0.25) is 0 Å². The van der Waals surface area contributed by atoms with E-state index in [4.69, 9.17) is 10.9 Å². The number of anilines is 1. The van der Waals surface area contributed by atoms with Crippen molar-refractivity contribution in [3.05, 3.63) is 30.1 Å². The third-order valence-electron chi connectivity index (χ3n) is 3.34. The van der Waals surface area contributed by atoms with E-state index in [-0.39, 0.29) is 17.6 Å². The molecule has 0 aromatic heterocycles. The second kappa shape index (κ2) is 4.64. The number of nitrogens with two attached hydrogens (primary N) is 1. The molecule has 96 valence electrons. The molecule has 1 saturated carbocycles. The first-order valence-electron chi connectivity index (χ1n) is 5.63. The molecule has 0 aliphatic heterocycles. The molecule has 2 rings (SSSR count). The van der Waals surface area contributed by atoms with Crippen LogP contribution in [0.1, 0.15) is 19.3 Å². The summed E-state index contributed by atoms with van der Waals surface area (Å²) < 4.78 is 12.7. The van der Waals surface area contributed by atoms with Gasteiger partial charge in [-0.1, -0.05) is 11.6 Å². The maximum absolute atomic E-state index is 12.7. The molecule has 6 heteroatoms. The molecular weight excluding hydrogens is 237 g/mol. The minimum atomic E-state index is -0.927. The van der Waals surface area contributed by atoms with Crippen molar-refractivity contribution in [3.8, 4) is 0 Å². The molecule has 1 fully saturated rings. The minimum absolute atomic E-state index is 0.0756. The predicted octanol–water partition coefficient (Wildman–Crippen LogP) is 1.68. The third kappa shape index (κ3) is 2.01. The fourth-order valence-electron chi connectivity index (χ4n) is 2.01. The number of hydrogen-bond acceptors (Lipinski definition) is 3. The molecule has 0 bridgehead atoms. The first-order valence-corrected chi connectivity index (χ1v) is 5.63. The fourth-order valence-corrected chi connectivity index (χ4v) is 2.01. The zero-order chi connectivity index (χ0) is 13.2. The van der Waals surface area contributed by atoms with Crippen molar-refractivity contribution in [3.63, 3.8) is 0 Å². The number of rotatable bonds is 3. The summed E-state index contributed by atoms with van der Waals surface area (Å²) in [4.78, 5) is 12.1. The Labute approximate surface area is 103 Å². The molecular formula is C12H14FN3O2. The Bertz CT molecular complexity index is 481. The quantitative estimate of drug-likeness (QED) is 0.330. The molecule has 1 aromatic rings. The van der Waals surface area contributed by atoms with Crippen molar-refractivity contribution in [2.45, 2.75) is 19.3 Å². The van der Waals surface area contributed by atoms with Gasteiger partial charge in [-0.2, -0.15) is 0 Å². The predicted molar refractivity (Wildman–Crippen MR) is 64.7 cm³/mol. The first-order chi connectivity index (χ1) is 8.58. The summed E-state index contributed by atoms with van der Waals surface area (Å²) in [5.74, 6) is -0.771. The van der Waals surface area contributed by atoms with Gasteiger partial charge in [-0.25, -0.2) is 4.39 Å². The normalized spacial score (nSPS) is 17.9. The number of carbonyl (C=O) groups excluding carboxylic acids is 1. The average molecular weight is 251 g/mol. The summed E-state index contributed by atoms with van der Waals surface area (Å²) >= 11 is 0. The van der Waals surface area contributed by atoms with Gasteiger partial charge >= 0.3 is 0 Å². The van der Waals surface area contributed by atoms with Crippen LogP contribution < -0.4 is 11.1 Å². The zero-order valence-electron chi connectivity index (χ0n) is 9.69. The summed E-state index contributed by atoms with van der Waals surface area (Å²) in [5.41, 5.74) is 5.13. The molecule has 1 aliphatic rings. The molecule has 0 radical (unpaired) electrons. The second-order valence-electron chi connectivity index (χ2n) is 4.38. The summed E-state index contributed by atoms with van der Waals surface area (Å²) in [6.45, 7) is 0. The second-order valence-corrected chi connectivity index (χ2v) is 4.38. The standard InChI is InChI=1S/C12H14FN3O2/c13-8-2-4-9(5-3-8)15-11(17)12(6-1-7-12)10(14)16-18/h2-5,18H,1,6-7H2,(H2,14,16)(H,15,17). The Hall–Kier alpha value is -2.11. The highest BCUT2D eigenvalue weighted by Gasteiger charge is 2.48. The van der Waals surface area contributed by atoms with Crippen LogP contribution in [0.25, 0.3) is 0 Å². The van der Waals surface area contributed by atoms with Crippen molar-refractivity contribution in [2.24, 2.45) is 16.3 Å². The van der Waals surface area contributed by atoms with Gasteiger partial charge in [0.1, 0.15) is 11.2 Å². The van der Waals surface area contributed by atoms with E-state index in [1.54, 1.807) is 0 Å². The minimum Gasteiger partial charge on any atom is -0.409 e. The molecule has 0 heterocycles. The number of nitrogens with zero attached hydrogens (tertiary/aromatic N) is 1. The Kier molecular flexibility index (Phi) is 3.18. The summed E-state index contributed by atoms with van der Waals surface area (Å²) in [6.07, 6.45) is 1.96. The van der Waals surface area contributed by atoms with Gasteiger partial charge in [0, 0.05) is 5.69 Å². The van der Waals surface area contributed by atoms with Gasteiger partial charge in [0.2, 0.25) is 5.91 Å². The highest BCUT2D eigenvalue weighted by molar-refractivity contribution is 6.12. The lowest BCUT2D eigenvalue weighted by Crippen LogP contribution is -2.51. The van der Waals surface area contributed by atoms with Crippen LogP contribution in [0.5, 0.6) is 0 Å². The Balaban J connectivity index is 2.14. The van der Waals surface area contributed by atoms with Crippen LogP contribution in [-0.2, 0) is 4.79 Å². The largest absolute Gasteiger partial charge is 0.409 e. The number of benzene rings is 1. The molecule has 18 heavy (non-hydrogen) atoms. The lowest BCUT2D eigenvalue weighted by Gasteiger charge is -2.38. The maximum Gasteiger partial charge on any atom is 0.238 e. The van der Waals surface area contributed by atoms with E-state index >= 15 is 0 Å². The highest BCUT2D eigenvalue weighted by atomic mass is 19.1. The third-order valence-corrected chi connectivity index (χ3v) is 3.34. The van der Waals surface area contributed by atoms with Crippen molar-refractivity contribution < 1.29 is 14.4 Å². The van der Waals surface area contributed by atoms with Crippen molar-refractivity contribution in [2.75, 3.05) is 5.32 Å². The Morgan fingerprint density at radius 3 is 2.44 bits per heavy atom. The van der Waals surface area contributed by atoms with Crippen LogP contribution in [0.4, 0.5) is 10.1 Å². The van der Waals surface area contributed by atoms with Crippen LogP contribution >= 0.6 is 0 Å². The molecule has 1 aromatic carbocycles. The fraction of sp³-hybridized carbons (Fsp3) is 0.333. The smallest absolute Gasteiger partial charge is 0.238 e. The zero-order valence-corrected chi connectivity index (χ0v) is 9.69. The van der Waals surface area contributed by atoms with E-state index in [0.29, 0.717) is 18.5 Å². The average Bonchev–Trinajstić information content (AvgIpc) is 2.30. The van der Waals surface area contributed by atoms with Crippen LogP contribution in [-0.4, -0.2) is 17.0 Å². The first kappa shape index (κ1) is 12.3. The van der Waals surface area contributed by atoms with Gasteiger partial charge < -0.3 is 16.3 Å². The Morgan fingerprint density at radius 2 is 2.00 bits per heavy atom. The molecule has 0 saturated heterocycles. The molecule has 0 spiro atoms. The van der Waals surface area contributed by atoms with Crippen LogP contribution in [0.15, 0.2) is 29.4 Å². The van der Waals surface area contributed by atoms with Gasteiger partial charge in [0.25, 0.3) is 0 Å². The molecule has 1 aliphatic carbocycles. The van der Waals surface area contributed by atoms with E-state index in [0.717, 1.165) is 6.42 Å². The van der Waals surface area contributed by atoms with Crippen LogP contribution in [0, 0.1) is 11.2 Å². The van der Waals surface area contributed by atoms with Crippen molar-refractivity contribution in [1.29, 1.82) is 0 Å². The number of nitrogens with one attached hydrogen (secondary N) is 1. The van der Waals surface area contributed by atoms with Gasteiger partial charge in [0.05, 0.1) is 0 Å². The SMILES string of the molecule is N/C(=N/O)C1(C(=O)Nc2ccc(F)cc2)CCC1. The molecule has 1 amide bonds. The molecule has 0 unspecified atom stereocenters. The summed E-state index contributed by atoms with van der Waals surface area (Å²) in [6, 6.07) is 5.44. The van der Waals surface area contributed by atoms with Crippen molar-refractivity contribution in [1.82, 2.24) is 0 Å². The number of oxime groups is 1. The molecule has 4 N–H and O–H groups in total. The van der Waals surface area contributed by atoms with Gasteiger partial charge in [0.15, 0.2) is 5.84 Å². The highest BCUT2D eigenvalue weighted by Crippen LogP contribution is 2.42. The van der Waals surface area contributed by atoms with Crippen molar-refractivity contribution >= 4 is 17.4 Å². The number of amidine groups is 1. The summed E-state index contributed by atoms with van der Waals surface area (Å²) in [5, 5.41) is 14.3. The molecule has 0 atom stereocenters. The van der Waals surface area contributed by atoms with Crippen LogP contribution in [0.3, 0.4) is 0 Å². The number of hydrogen-bond donors (Lipinski definition) is 3. The van der Waals surface area contributed by atoms with E-state index in [9.17, 15) is 9.18 Å². The summed E-state index contributed by atoms with van der Waals surface area (Å²) in [7, 11) is 0. The number of carbonyl (C=O) groups is 1. The number of halogens is 1. The van der Waals surface area contributed by atoms with Gasteiger partial charge in [-0.05, 0) is 37.1 Å². The maximum atomic E-state index is 12.7. The Morgan fingerprint density at radius 1 is 1.39 bits per heavy atom. The lowest BCUT2D eigenvalue weighted by molar-refractivity contribution is -0.125. The lowest BCUT2D eigenvalue weighted by atomic mass is 9.67.